The average molecular weight is 331 g/mol. The van der Waals surface area contributed by atoms with Gasteiger partial charge in [0.2, 0.25) is 0 Å². The highest BCUT2D eigenvalue weighted by Gasteiger charge is 2.16. The van der Waals surface area contributed by atoms with Crippen molar-refractivity contribution in [1.82, 2.24) is 9.88 Å². The molecule has 0 unspecified atom stereocenters. The maximum atomic E-state index is 13.5. The van der Waals surface area contributed by atoms with E-state index in [0.717, 1.165) is 12.1 Å². The molecule has 7 heteroatoms. The van der Waals surface area contributed by atoms with Crippen molar-refractivity contribution < 1.29 is 18.3 Å². The standard InChI is InChI=1S/C17H15F2N3O2/c18-13-5-6-16(15(19)10-13)24-12-17(23)22(9-3-7-20)11-14-4-1-2-8-21-14/h1-2,4-6,8,10H,3,9,11-12H2. The minimum absolute atomic E-state index is 0.156. The van der Waals surface area contributed by atoms with Crippen LogP contribution in [0.3, 0.4) is 0 Å². The Morgan fingerprint density at radius 3 is 2.79 bits per heavy atom. The Labute approximate surface area is 138 Å². The summed E-state index contributed by atoms with van der Waals surface area (Å²) in [6, 6.07) is 10.1. The van der Waals surface area contributed by atoms with E-state index in [0.29, 0.717) is 11.8 Å². The number of aromatic nitrogens is 1. The summed E-state index contributed by atoms with van der Waals surface area (Å²) in [5, 5.41) is 8.71. The normalized spacial score (nSPS) is 10.0. The van der Waals surface area contributed by atoms with Gasteiger partial charge in [0.05, 0.1) is 24.7 Å². The van der Waals surface area contributed by atoms with Crippen LogP contribution < -0.4 is 4.74 Å². The summed E-state index contributed by atoms with van der Waals surface area (Å²) in [5.41, 5.74) is 0.664. The van der Waals surface area contributed by atoms with E-state index >= 15 is 0 Å². The zero-order chi connectivity index (χ0) is 17.4. The Hall–Kier alpha value is -3.01. The van der Waals surface area contributed by atoms with Crippen LogP contribution in [-0.2, 0) is 11.3 Å². The fourth-order valence-corrected chi connectivity index (χ4v) is 1.99. The molecule has 2 aromatic rings. The lowest BCUT2D eigenvalue weighted by atomic mass is 10.3. The summed E-state index contributed by atoms with van der Waals surface area (Å²) in [6.07, 6.45) is 1.76. The molecule has 1 aromatic carbocycles. The van der Waals surface area contributed by atoms with Crippen LogP contribution in [0.25, 0.3) is 0 Å². The molecule has 2 rings (SSSR count). The Kier molecular flexibility index (Phi) is 6.20. The number of halogens is 2. The fraction of sp³-hybridized carbons (Fsp3) is 0.235. The molecule has 124 valence electrons. The Bertz CT molecular complexity index is 732. The Morgan fingerprint density at radius 1 is 1.29 bits per heavy atom. The van der Waals surface area contributed by atoms with Crippen molar-refractivity contribution in [3.63, 3.8) is 0 Å². The Morgan fingerprint density at radius 2 is 2.12 bits per heavy atom. The number of ether oxygens (including phenoxy) is 1. The summed E-state index contributed by atoms with van der Waals surface area (Å²) < 4.78 is 31.5. The number of hydrogen-bond acceptors (Lipinski definition) is 4. The second-order valence-corrected chi connectivity index (χ2v) is 4.91. The van der Waals surface area contributed by atoms with Gasteiger partial charge in [-0.05, 0) is 24.3 Å². The van der Waals surface area contributed by atoms with Crippen molar-refractivity contribution >= 4 is 5.91 Å². The highest BCUT2D eigenvalue weighted by Crippen LogP contribution is 2.17. The van der Waals surface area contributed by atoms with E-state index in [1.807, 2.05) is 6.07 Å². The van der Waals surface area contributed by atoms with E-state index in [2.05, 4.69) is 4.98 Å². The first-order chi connectivity index (χ1) is 11.6. The van der Waals surface area contributed by atoms with Gasteiger partial charge in [0.15, 0.2) is 18.2 Å². The van der Waals surface area contributed by atoms with Crippen molar-refractivity contribution in [3.8, 4) is 11.8 Å². The lowest BCUT2D eigenvalue weighted by Gasteiger charge is -2.21. The number of rotatable bonds is 7. The molecule has 0 aliphatic rings. The van der Waals surface area contributed by atoms with E-state index < -0.39 is 24.1 Å². The van der Waals surface area contributed by atoms with Crippen LogP contribution in [0.1, 0.15) is 12.1 Å². The lowest BCUT2D eigenvalue weighted by Crippen LogP contribution is -2.35. The van der Waals surface area contributed by atoms with Crippen LogP contribution in [0.4, 0.5) is 8.78 Å². The zero-order valence-corrected chi connectivity index (χ0v) is 12.8. The van der Waals surface area contributed by atoms with Crippen molar-refractivity contribution in [3.05, 3.63) is 59.9 Å². The molecular formula is C17H15F2N3O2. The van der Waals surface area contributed by atoms with Crippen LogP contribution in [0.5, 0.6) is 5.75 Å². The minimum atomic E-state index is -0.879. The van der Waals surface area contributed by atoms with E-state index in [-0.39, 0.29) is 25.3 Å². The molecule has 0 radical (unpaired) electrons. The van der Waals surface area contributed by atoms with Crippen molar-refractivity contribution in [1.29, 1.82) is 5.26 Å². The first kappa shape index (κ1) is 17.3. The summed E-state index contributed by atoms with van der Waals surface area (Å²) >= 11 is 0. The maximum Gasteiger partial charge on any atom is 0.260 e. The van der Waals surface area contributed by atoms with Crippen molar-refractivity contribution in [2.24, 2.45) is 0 Å². The van der Waals surface area contributed by atoms with E-state index in [4.69, 9.17) is 10.00 Å². The molecule has 0 spiro atoms. The third kappa shape index (κ3) is 5.02. The van der Waals surface area contributed by atoms with Crippen LogP contribution in [0, 0.1) is 23.0 Å². The molecule has 0 saturated carbocycles. The second kappa shape index (κ2) is 8.58. The second-order valence-electron chi connectivity index (χ2n) is 4.91. The highest BCUT2D eigenvalue weighted by molar-refractivity contribution is 5.77. The fourth-order valence-electron chi connectivity index (χ4n) is 1.99. The monoisotopic (exact) mass is 331 g/mol. The van der Waals surface area contributed by atoms with Crippen molar-refractivity contribution in [2.45, 2.75) is 13.0 Å². The van der Waals surface area contributed by atoms with Gasteiger partial charge < -0.3 is 9.64 Å². The third-order valence-corrected chi connectivity index (χ3v) is 3.17. The van der Waals surface area contributed by atoms with Gasteiger partial charge in [-0.2, -0.15) is 5.26 Å². The van der Waals surface area contributed by atoms with Gasteiger partial charge in [-0.15, -0.1) is 0 Å². The maximum absolute atomic E-state index is 13.5. The summed E-state index contributed by atoms with van der Waals surface area (Å²) in [4.78, 5) is 17.8. The lowest BCUT2D eigenvalue weighted by molar-refractivity contribution is -0.134. The van der Waals surface area contributed by atoms with Crippen LogP contribution in [-0.4, -0.2) is 28.9 Å². The largest absolute Gasteiger partial charge is 0.481 e. The van der Waals surface area contributed by atoms with E-state index in [1.54, 1.807) is 24.4 Å². The molecule has 0 fully saturated rings. The van der Waals surface area contributed by atoms with Crippen LogP contribution >= 0.6 is 0 Å². The average Bonchev–Trinajstić information content (AvgIpc) is 2.58. The van der Waals surface area contributed by atoms with E-state index in [9.17, 15) is 13.6 Å². The van der Waals surface area contributed by atoms with Gasteiger partial charge in [0.1, 0.15) is 5.82 Å². The first-order valence-electron chi connectivity index (χ1n) is 7.22. The number of pyridine rings is 1. The molecule has 1 aromatic heterocycles. The minimum Gasteiger partial charge on any atom is -0.481 e. The number of carbonyl (C=O) groups excluding carboxylic acids is 1. The smallest absolute Gasteiger partial charge is 0.260 e. The van der Waals surface area contributed by atoms with Gasteiger partial charge >= 0.3 is 0 Å². The molecule has 0 N–H and O–H groups in total. The van der Waals surface area contributed by atoms with Crippen LogP contribution in [0.2, 0.25) is 0 Å². The van der Waals surface area contributed by atoms with Gasteiger partial charge in [-0.3, -0.25) is 9.78 Å². The quantitative estimate of drug-likeness (QED) is 0.782. The molecule has 0 bridgehead atoms. The summed E-state index contributed by atoms with van der Waals surface area (Å²) in [6.45, 7) is 0.0125. The highest BCUT2D eigenvalue weighted by atomic mass is 19.1. The molecule has 5 nitrogen and oxygen atoms in total. The molecule has 24 heavy (non-hydrogen) atoms. The molecule has 0 atom stereocenters. The molecule has 0 aliphatic heterocycles. The van der Waals surface area contributed by atoms with Gasteiger partial charge in [0.25, 0.3) is 5.91 Å². The SMILES string of the molecule is N#CCCN(Cc1ccccn1)C(=O)COc1ccc(F)cc1F. The van der Waals surface area contributed by atoms with Crippen LogP contribution in [0.15, 0.2) is 42.6 Å². The number of nitrogens with zero attached hydrogens (tertiary/aromatic N) is 3. The molecular weight excluding hydrogens is 316 g/mol. The number of carbonyl (C=O) groups is 1. The number of benzene rings is 1. The zero-order valence-electron chi connectivity index (χ0n) is 12.8. The number of amides is 1. The first-order valence-corrected chi connectivity index (χ1v) is 7.22. The molecule has 1 heterocycles. The van der Waals surface area contributed by atoms with Gasteiger partial charge in [-0.25, -0.2) is 8.78 Å². The predicted molar refractivity (Wildman–Crippen MR) is 81.7 cm³/mol. The van der Waals surface area contributed by atoms with E-state index in [1.165, 1.54) is 4.90 Å². The summed E-state index contributed by atoms with van der Waals surface area (Å²) in [7, 11) is 0. The number of nitriles is 1. The number of hydrogen-bond donors (Lipinski definition) is 0. The Balaban J connectivity index is 2.00. The third-order valence-electron chi connectivity index (χ3n) is 3.17. The summed E-state index contributed by atoms with van der Waals surface area (Å²) in [5.74, 6) is -2.23. The molecule has 1 amide bonds. The van der Waals surface area contributed by atoms with Crippen molar-refractivity contribution in [2.75, 3.05) is 13.2 Å². The predicted octanol–water partition coefficient (Wildman–Crippen LogP) is 2.68. The topological polar surface area (TPSA) is 66.2 Å². The van der Waals surface area contributed by atoms with Gasteiger partial charge in [-0.1, -0.05) is 6.07 Å². The molecule has 0 aliphatic carbocycles. The van der Waals surface area contributed by atoms with Gasteiger partial charge in [0, 0.05) is 18.8 Å². The molecule has 0 saturated heterocycles.